The molecule has 0 spiro atoms. The number of aryl methyl sites for hydroxylation is 2. The number of aromatic nitrogens is 14. The molecule has 0 atom stereocenters. The van der Waals surface area contributed by atoms with Crippen LogP contribution < -0.4 is 33.0 Å². The minimum absolute atomic E-state index is 0.0173. The van der Waals surface area contributed by atoms with Crippen LogP contribution in [0.2, 0.25) is 0 Å². The maximum atomic E-state index is 12.7. The molecule has 10 aromatic rings. The third kappa shape index (κ3) is 35.2. The van der Waals surface area contributed by atoms with Crippen molar-refractivity contribution in [2.45, 2.75) is 218 Å². The molecular weight excluding hydrogens is 1390 g/mol. The van der Waals surface area contributed by atoms with Crippen LogP contribution in [0.1, 0.15) is 273 Å². The number of H-pyrrole nitrogens is 4. The second kappa shape index (κ2) is 47.3. The normalized spacial score (nSPS) is 10.4. The molecule has 0 saturated heterocycles. The summed E-state index contributed by atoms with van der Waals surface area (Å²) < 4.78 is 45.9. The summed E-state index contributed by atoms with van der Waals surface area (Å²) in [5.41, 5.74) is 5.30. The van der Waals surface area contributed by atoms with Crippen molar-refractivity contribution >= 4 is 17.4 Å². The number of imidazole rings is 2. The number of benzene rings is 1. The lowest BCUT2D eigenvalue weighted by molar-refractivity contribution is -0.122. The van der Waals surface area contributed by atoms with Crippen LogP contribution in [0.5, 0.6) is 11.5 Å². The Hall–Kier alpha value is -11.0. The molecule has 105 heavy (non-hydrogen) atoms. The van der Waals surface area contributed by atoms with Gasteiger partial charge in [-0.2, -0.15) is 19.9 Å². The van der Waals surface area contributed by atoms with Gasteiger partial charge in [-0.25, -0.2) is 28.7 Å². The molecule has 0 saturated carbocycles. The first-order chi connectivity index (χ1) is 48.8. The average molecular weight is 1500 g/mol. The van der Waals surface area contributed by atoms with Crippen molar-refractivity contribution < 1.29 is 58.1 Å². The van der Waals surface area contributed by atoms with Crippen molar-refractivity contribution in [3.05, 3.63) is 211 Å². The van der Waals surface area contributed by atoms with Gasteiger partial charge in [0.2, 0.25) is 11.3 Å². The second-order valence-corrected chi connectivity index (χ2v) is 27.4. The van der Waals surface area contributed by atoms with Gasteiger partial charge in [-0.15, -0.1) is 15.0 Å². The molecule has 0 aliphatic heterocycles. The number of nitrogens with one attached hydrogen (secondary N) is 5. The van der Waals surface area contributed by atoms with Crippen molar-refractivity contribution in [2.24, 2.45) is 13.0 Å². The van der Waals surface area contributed by atoms with E-state index in [0.29, 0.717) is 46.1 Å². The molecule has 0 aliphatic carbocycles. The van der Waals surface area contributed by atoms with Gasteiger partial charge in [0.05, 0.1) is 53.7 Å². The summed E-state index contributed by atoms with van der Waals surface area (Å²) in [6, 6.07) is 8.82. The van der Waals surface area contributed by atoms with E-state index in [1.54, 1.807) is 73.9 Å². The van der Waals surface area contributed by atoms with Gasteiger partial charge in [0.15, 0.2) is 29.3 Å². The minimum atomic E-state index is -0.904. The number of phenolic OH excluding ortho intramolecular Hbond substituents is 1. The molecule has 1 amide bonds. The molecule has 34 heteroatoms. The fourth-order valence-electron chi connectivity index (χ4n) is 7.78. The highest BCUT2D eigenvalue weighted by Gasteiger charge is 2.14. The van der Waals surface area contributed by atoms with E-state index in [0.717, 1.165) is 76.7 Å². The molecule has 0 fully saturated rings. The Bertz CT molecular complexity index is 4240. The minimum Gasteiger partial charge on any atom is -0.503 e. The molecule has 9 aromatic heterocycles. The third-order valence-electron chi connectivity index (χ3n) is 13.9. The molecule has 582 valence electrons. The quantitative estimate of drug-likeness (QED) is 0.0325. The highest BCUT2D eigenvalue weighted by atomic mass is 32.1. The number of aromatic hydroxyl groups is 2. The molecule has 0 unspecified atom stereocenters. The van der Waals surface area contributed by atoms with Crippen LogP contribution in [0.15, 0.2) is 124 Å². The molecule has 0 aliphatic rings. The first-order valence-corrected chi connectivity index (χ1v) is 34.4. The number of nitrogens with zero attached hydrogens (tertiary/aromatic N) is 11. The zero-order chi connectivity index (χ0) is 80.9. The highest BCUT2D eigenvalue weighted by molar-refractivity contribution is 7.05. The van der Waals surface area contributed by atoms with Crippen molar-refractivity contribution in [1.82, 2.24) is 74.3 Å². The molecule has 31 nitrogen and oxygen atoms in total. The Morgan fingerprint density at radius 3 is 1.45 bits per heavy atom. The molecule has 0 bridgehead atoms. The van der Waals surface area contributed by atoms with Gasteiger partial charge in [0.1, 0.15) is 29.9 Å². The number of phenols is 1. The lowest BCUT2D eigenvalue weighted by Gasteiger charge is -2.06. The van der Waals surface area contributed by atoms with Gasteiger partial charge in [0.25, 0.3) is 16.7 Å². The van der Waals surface area contributed by atoms with Crippen LogP contribution in [-0.4, -0.2) is 106 Å². The molecule has 9 heterocycles. The van der Waals surface area contributed by atoms with E-state index in [2.05, 4.69) is 77.4 Å². The number of nitriles is 1. The van der Waals surface area contributed by atoms with Crippen LogP contribution in [0.25, 0.3) is 0 Å². The molecular formula is C71H108F2N16O15S. The molecule has 1 aromatic carbocycles. The molecule has 0 radical (unpaired) electrons. The van der Waals surface area contributed by atoms with E-state index in [4.69, 9.17) is 45.2 Å². The van der Waals surface area contributed by atoms with E-state index in [9.17, 15) is 37.5 Å². The number of amides is 1. The maximum absolute atomic E-state index is 12.7. The van der Waals surface area contributed by atoms with Crippen molar-refractivity contribution in [1.29, 1.82) is 5.26 Å². The average Bonchev–Trinajstić information content (AvgIpc) is 1.75. The first kappa shape index (κ1) is 94.0. The van der Waals surface area contributed by atoms with Gasteiger partial charge in [-0.3, -0.25) is 43.4 Å². The van der Waals surface area contributed by atoms with Gasteiger partial charge < -0.3 is 44.5 Å². The van der Waals surface area contributed by atoms with Gasteiger partial charge >= 0.3 is 5.63 Å². The smallest absolute Gasteiger partial charge is 0.360 e. The Kier molecular flexibility index (Phi) is 42.4. The summed E-state index contributed by atoms with van der Waals surface area (Å²) >= 11 is 1.42. The lowest BCUT2D eigenvalue weighted by atomic mass is 10.0. The molecule has 11 N–H and O–H groups in total. The zero-order valence-corrected chi connectivity index (χ0v) is 65.2. The summed E-state index contributed by atoms with van der Waals surface area (Å²) in [6.07, 6.45) is 13.3. The SMILES string of the molecule is CC(C)C(=O)NC#N.CC(C)c1c[nH]oc1=O.CC(C)c1cc(=O)[nH]n1C.CC(C)c1cc(=O)[nH]o1.CC(C)c1cc(=O)[nH]s1.CC(C)c1cc(F)c(O)c(F)c1.CC(C)c1ccnn1O.CC(C)c1cncn1O.CC(C)c1cnnn1O.CC(C)c1cocc(O)c1=O.Cc1cn(O)c(C(C)C)n1. The van der Waals surface area contributed by atoms with Crippen LogP contribution in [-0.2, 0) is 11.8 Å². The van der Waals surface area contributed by atoms with Gasteiger partial charge in [-0.05, 0) is 77.3 Å². The predicted octanol–water partition coefficient (Wildman–Crippen LogP) is 13.8. The first-order valence-electron chi connectivity index (χ1n) is 33.6. The summed E-state index contributed by atoms with van der Waals surface area (Å²) in [6.45, 7) is 44.7. The predicted molar refractivity (Wildman–Crippen MR) is 394 cm³/mol. The van der Waals surface area contributed by atoms with E-state index >= 15 is 0 Å². The summed E-state index contributed by atoms with van der Waals surface area (Å²) in [4.78, 5) is 74.6. The highest BCUT2D eigenvalue weighted by Crippen LogP contribution is 2.25. The number of halogens is 2. The molecule has 10 rings (SSSR count). The van der Waals surface area contributed by atoms with Crippen molar-refractivity contribution in [3.8, 4) is 17.7 Å². The van der Waals surface area contributed by atoms with E-state index in [-0.39, 0.29) is 80.8 Å². The third-order valence-corrected chi connectivity index (χ3v) is 15.0. The Balaban J connectivity index is 0.00000113. The maximum Gasteiger partial charge on any atom is 0.360 e. The summed E-state index contributed by atoms with van der Waals surface area (Å²) in [7, 11) is 1.84. The fourth-order valence-corrected chi connectivity index (χ4v) is 8.46. The van der Waals surface area contributed by atoms with Crippen LogP contribution in [0, 0.1) is 35.9 Å². The topological polar surface area (TPSA) is 451 Å². The summed E-state index contributed by atoms with van der Waals surface area (Å²) in [5.74, 6) is 0.800. The lowest BCUT2D eigenvalue weighted by Crippen LogP contribution is -2.22. The zero-order valence-electron chi connectivity index (χ0n) is 64.4. The van der Waals surface area contributed by atoms with Crippen LogP contribution in [0.3, 0.4) is 0 Å². The number of carbonyl (C=O) groups excluding carboxylic acids is 1. The van der Waals surface area contributed by atoms with E-state index in [1.807, 2.05) is 130 Å². The second-order valence-electron chi connectivity index (χ2n) is 26.6. The number of aromatic amines is 4. The van der Waals surface area contributed by atoms with Gasteiger partial charge in [-0.1, -0.05) is 169 Å². The summed E-state index contributed by atoms with van der Waals surface area (Å²) in [5, 5.41) is 81.3. The number of hydrogen-bond donors (Lipinski definition) is 11. The Morgan fingerprint density at radius 2 is 1.20 bits per heavy atom. The van der Waals surface area contributed by atoms with Crippen LogP contribution in [0.4, 0.5) is 8.78 Å². The van der Waals surface area contributed by atoms with Crippen molar-refractivity contribution in [3.63, 3.8) is 0 Å². The largest absolute Gasteiger partial charge is 0.503 e. The van der Waals surface area contributed by atoms with E-state index in [1.165, 1.54) is 30.2 Å². The number of hydrogen-bond acceptors (Lipinski definition) is 22. The fraction of sp³-hybridized carbons (Fsp3) is 0.493. The Labute approximate surface area is 612 Å². The monoisotopic (exact) mass is 1490 g/mol. The number of carbonyl (C=O) groups is 1. The van der Waals surface area contributed by atoms with Gasteiger partial charge in [0, 0.05) is 71.2 Å². The van der Waals surface area contributed by atoms with E-state index < -0.39 is 17.4 Å². The Morgan fingerprint density at radius 1 is 0.629 bits per heavy atom. The standard InChI is InChI=1S/C9H10F2O.C8H10O3.2C7H12N2O.2C6H10N2O.2C6H9NO2.C6H9NOS.C5H9N3O.C5H8N2O/c1-5(2)6-3-7(10)9(12)8(11)4-6;1-5(2)6-3-11-4-7(9)8(6)10;1-5(2)6-4-7(10)8-9(6)3;1-5(2)7-8-6(3)4-9(7)10;1-5(2)6-3-7-4-8(6)9;1-5(2)6-3-4-7-8(6)9;1-4(2)5-3-7-9-6(5)8;2*1-4(2)5-3-6(8)7-9-5;1-4(2)5-3-6-7-8(5)9;1-4(2)5(8)7-3-6/h3-5,12H,1-2H3;3-5,9H,1-2H3;4-5H,1-3H3,(H,8,10);4-5,10H,1-3H3;2*3-5,9H,1-2H3;3-4,7H,1-2H3;2*3-4H,1-2H3,(H,7,8);3-4,9H,1-2H3;4H,1-2H3,(H,7,8). The van der Waals surface area contributed by atoms with Crippen molar-refractivity contribution in [2.75, 3.05) is 0 Å². The number of rotatable bonds is 11. The van der Waals surface area contributed by atoms with Crippen LogP contribution >= 0.6 is 11.5 Å².